The molecule has 0 aliphatic carbocycles. The fourth-order valence-corrected chi connectivity index (χ4v) is 0. The van der Waals surface area contributed by atoms with Crippen molar-refractivity contribution in [1.82, 2.24) is 0 Å². The minimum absolute atomic E-state index is 0. The normalized spacial score (nSPS) is 4.50. The molecule has 0 rings (SSSR count). The predicted molar refractivity (Wildman–Crippen MR) is 46.8 cm³/mol. The van der Waals surface area contributed by atoms with Crippen molar-refractivity contribution in [3.63, 3.8) is 0 Å². The van der Waals surface area contributed by atoms with Crippen LogP contribution in [-0.2, 0) is 13.4 Å². The molecule has 0 aliphatic heterocycles. The van der Waals surface area contributed by atoms with Gasteiger partial charge in [0.1, 0.15) is 0 Å². The van der Waals surface area contributed by atoms with E-state index < -0.39 is 27.5 Å². The Labute approximate surface area is 203 Å². The second-order valence-corrected chi connectivity index (χ2v) is 2.25. The summed E-state index contributed by atoms with van der Waals surface area (Å²) in [7, 11) is -10.9. The molecule has 0 aromatic rings. The second-order valence-electron chi connectivity index (χ2n) is 0.750. The molecule has 0 unspecified atom stereocenters. The molecule has 0 saturated carbocycles. The largest absolute Gasteiger partial charge is 3.00 e. The summed E-state index contributed by atoms with van der Waals surface area (Å²) in [5, 5.41) is 0. The molecule has 0 N–H and O–H groups in total. The minimum atomic E-state index is -3.63. The van der Waals surface area contributed by atoms with Gasteiger partial charge in [0.2, 0.25) is 0 Å². The first-order valence-electron chi connectivity index (χ1n) is 1.84. The van der Waals surface area contributed by atoms with Gasteiger partial charge in [-0.1, -0.05) is 0 Å². The van der Waals surface area contributed by atoms with Crippen LogP contribution >= 0.6 is 0 Å². The molecule has 0 aromatic carbocycles. The molecule has 0 spiro atoms. The predicted octanol–water partition coefficient (Wildman–Crippen LogP) is -9.71. The van der Waals surface area contributed by atoms with Gasteiger partial charge in [0.05, 0.1) is 0 Å². The molecule has 0 aromatic heterocycles. The summed E-state index contributed by atoms with van der Waals surface area (Å²) in [6.45, 7) is 0. The van der Waals surface area contributed by atoms with Gasteiger partial charge in [0.25, 0.3) is 0 Å². The van der Waals surface area contributed by atoms with Crippen LogP contribution in [0, 0.1) is 0 Å². The minimum Gasteiger partial charge on any atom is -1.00 e. The van der Waals surface area contributed by atoms with E-state index in [1.165, 1.54) is 0 Å². The van der Waals surface area contributed by atoms with E-state index in [0.29, 0.717) is 0 Å². The van der Waals surface area contributed by atoms with E-state index in [4.69, 9.17) is 42.2 Å². The summed E-state index contributed by atoms with van der Waals surface area (Å²) >= 11 is 0. The van der Waals surface area contributed by atoms with Crippen LogP contribution in [-0.4, -0.2) is 160 Å². The molecule has 16 heteroatoms. The average molecular weight is 561 g/mol. The summed E-state index contributed by atoms with van der Waals surface area (Å²) in [5.74, 6) is 0. The maximum Gasteiger partial charge on any atom is 3.00 e. The Hall–Kier alpha value is 3.06. The van der Waals surface area contributed by atoms with Gasteiger partial charge in [-0.15, -0.1) is 0 Å². The zero-order chi connectivity index (χ0) is 10.7. The van der Waals surface area contributed by atoms with Crippen molar-refractivity contribution >= 4 is 160 Å². The van der Waals surface area contributed by atoms with E-state index in [2.05, 4.69) is 0 Å². The summed E-state index contributed by atoms with van der Waals surface area (Å²) < 4.78 is 25.6. The fourth-order valence-electron chi connectivity index (χ4n) is 0. The van der Waals surface area contributed by atoms with Crippen LogP contribution in [0.5, 0.6) is 0 Å². The summed E-state index contributed by atoms with van der Waals surface area (Å²) in [6, 6.07) is 0. The molecule has 0 bridgehead atoms. The van der Waals surface area contributed by atoms with Crippen molar-refractivity contribution in [3.05, 3.63) is 0 Å². The first-order valence-corrected chi connectivity index (χ1v) is 5.51. The Morgan fingerprint density at radius 2 is 0.562 bits per heavy atom. The SMILES string of the molecule is O=[Si]([O-])[O-].O=[Si]([O-])[O-].O=[Si]([O-])[O-].[Al+3].[Al+3].[Ba+2].[Ba+2].[H-].[H-].[H-].[H-]. The Bertz CT molecular complexity index is 139. The number of hydrogen-bond donors (Lipinski definition) is 0. The van der Waals surface area contributed by atoms with Crippen LogP contribution in [0.3, 0.4) is 0 Å². The molecule has 0 heterocycles. The van der Waals surface area contributed by atoms with Crippen LogP contribution < -0.4 is 28.8 Å². The molecular weight excluding hydrogens is 557 g/mol. The van der Waals surface area contributed by atoms with E-state index in [9.17, 15) is 0 Å². The molecule has 0 aliphatic rings. The second kappa shape index (κ2) is 36.1. The standard InChI is InChI=1S/2Al.2Ba.3O3Si.4H/c;;;;3*1-4(2)3;;;;/q2*+3;2*+2;3*-2;4*-1. The molecule has 16 heavy (non-hydrogen) atoms. The van der Waals surface area contributed by atoms with Gasteiger partial charge < -0.3 is 47.9 Å². The van der Waals surface area contributed by atoms with Crippen LogP contribution in [0.1, 0.15) is 5.71 Å². The average Bonchev–Trinajstić information content (AvgIpc) is 1.54. The third-order valence-corrected chi connectivity index (χ3v) is 0. The Morgan fingerprint density at radius 3 is 0.562 bits per heavy atom. The number of hydrogen-bond acceptors (Lipinski definition) is 9. The van der Waals surface area contributed by atoms with Crippen molar-refractivity contribution in [3.8, 4) is 0 Å². The zero-order valence-electron chi connectivity index (χ0n) is 11.7. The van der Waals surface area contributed by atoms with Gasteiger partial charge in [-0.3, -0.25) is 0 Å². The summed E-state index contributed by atoms with van der Waals surface area (Å²) in [4.78, 5) is 51.1. The Kier molecular flexibility index (Phi) is 96.5. The van der Waals surface area contributed by atoms with Crippen LogP contribution in [0.4, 0.5) is 0 Å². The van der Waals surface area contributed by atoms with Crippen LogP contribution in [0.15, 0.2) is 0 Å². The van der Waals surface area contributed by atoms with Crippen LogP contribution in [0.2, 0.25) is 0 Å². The van der Waals surface area contributed by atoms with E-state index in [-0.39, 0.29) is 138 Å². The van der Waals surface area contributed by atoms with E-state index in [1.807, 2.05) is 0 Å². The van der Waals surface area contributed by atoms with Crippen molar-refractivity contribution in [2.45, 2.75) is 0 Å². The third kappa shape index (κ3) is 470. The topological polar surface area (TPSA) is 190 Å². The first-order chi connectivity index (χ1) is 5.20. The van der Waals surface area contributed by atoms with Gasteiger partial charge in [0.15, 0.2) is 0 Å². The molecule has 0 saturated heterocycles. The van der Waals surface area contributed by atoms with Gasteiger partial charge >= 0.3 is 132 Å². The van der Waals surface area contributed by atoms with E-state index >= 15 is 0 Å². The molecule has 0 radical (unpaired) electrons. The van der Waals surface area contributed by atoms with E-state index in [0.717, 1.165) is 0 Å². The van der Waals surface area contributed by atoms with Gasteiger partial charge in [-0.2, -0.15) is 0 Å². The maximum absolute atomic E-state index is 8.52. The zero-order valence-corrected chi connectivity index (χ0v) is 21.9. The van der Waals surface area contributed by atoms with Crippen molar-refractivity contribution in [1.29, 1.82) is 0 Å². The molecule has 0 fully saturated rings. The van der Waals surface area contributed by atoms with Gasteiger partial charge in [-0.05, 0) is 0 Å². The molecule has 0 atom stereocenters. The molecule has 9 nitrogen and oxygen atoms in total. The maximum atomic E-state index is 8.52. The quantitative estimate of drug-likeness (QED) is 0.259. The molecular formula is H4Al2Ba2O9Si3. The molecule has 0 amide bonds. The monoisotopic (exact) mass is 562 g/mol. The van der Waals surface area contributed by atoms with Crippen LogP contribution in [0.25, 0.3) is 0 Å². The first kappa shape index (κ1) is 42.7. The summed E-state index contributed by atoms with van der Waals surface area (Å²) in [5.41, 5.74) is 0. The number of rotatable bonds is 0. The smallest absolute Gasteiger partial charge is 1.00 e. The van der Waals surface area contributed by atoms with E-state index in [1.54, 1.807) is 0 Å². The Balaban J connectivity index is -0.00000000562. The third-order valence-electron chi connectivity index (χ3n) is 0. The van der Waals surface area contributed by atoms with Crippen molar-refractivity contribution in [2.24, 2.45) is 0 Å². The summed E-state index contributed by atoms with van der Waals surface area (Å²) in [6.07, 6.45) is 0. The Morgan fingerprint density at radius 1 is 0.562 bits per heavy atom. The van der Waals surface area contributed by atoms with Gasteiger partial charge in [0, 0.05) is 27.5 Å². The van der Waals surface area contributed by atoms with Gasteiger partial charge in [-0.25, -0.2) is 0 Å². The van der Waals surface area contributed by atoms with Crippen molar-refractivity contribution < 1.29 is 47.9 Å². The fraction of sp³-hybridized carbons (Fsp3) is 0. The molecule has 80 valence electrons. The van der Waals surface area contributed by atoms with Crippen molar-refractivity contribution in [2.75, 3.05) is 0 Å².